The van der Waals surface area contributed by atoms with Gasteiger partial charge in [-0.1, -0.05) is 28.4 Å². The van der Waals surface area contributed by atoms with Crippen molar-refractivity contribution in [3.63, 3.8) is 0 Å². The Morgan fingerprint density at radius 2 is 2.04 bits per heavy atom. The SMILES string of the molecule is Cc1cc2c(OCc3cc(-c4ccc(Cl)cc4Cl)no3)ncnc2s1. The summed E-state index contributed by atoms with van der Waals surface area (Å²) in [7, 11) is 0. The Bertz CT molecular complexity index is 1060. The van der Waals surface area contributed by atoms with Gasteiger partial charge in [0.1, 0.15) is 16.9 Å². The lowest BCUT2D eigenvalue weighted by Gasteiger charge is -2.02. The molecule has 0 bridgehead atoms. The van der Waals surface area contributed by atoms with Crippen LogP contribution in [0.4, 0.5) is 0 Å². The van der Waals surface area contributed by atoms with E-state index in [2.05, 4.69) is 15.1 Å². The van der Waals surface area contributed by atoms with Crippen LogP contribution < -0.4 is 4.74 Å². The highest BCUT2D eigenvalue weighted by molar-refractivity contribution is 7.18. The van der Waals surface area contributed by atoms with Gasteiger partial charge in [-0.15, -0.1) is 11.3 Å². The number of halogens is 2. The van der Waals surface area contributed by atoms with Crippen molar-refractivity contribution in [3.8, 4) is 17.1 Å². The van der Waals surface area contributed by atoms with Crippen LogP contribution in [0.25, 0.3) is 21.5 Å². The van der Waals surface area contributed by atoms with Crippen molar-refractivity contribution in [1.82, 2.24) is 15.1 Å². The Labute approximate surface area is 157 Å². The lowest BCUT2D eigenvalue weighted by atomic mass is 10.1. The zero-order valence-electron chi connectivity index (χ0n) is 13.0. The standard InChI is InChI=1S/C17H11Cl2N3O2S/c1-9-4-13-16(20-8-21-17(13)25-9)23-7-11-6-15(22-24-11)12-3-2-10(18)5-14(12)19/h2-6,8H,7H2,1H3. The van der Waals surface area contributed by atoms with Crippen LogP contribution in [0.3, 0.4) is 0 Å². The van der Waals surface area contributed by atoms with E-state index in [9.17, 15) is 0 Å². The fourth-order valence-electron chi connectivity index (χ4n) is 2.41. The molecule has 1 aromatic carbocycles. The van der Waals surface area contributed by atoms with Gasteiger partial charge in [-0.05, 0) is 31.2 Å². The molecule has 0 amide bonds. The van der Waals surface area contributed by atoms with Gasteiger partial charge in [0.25, 0.3) is 0 Å². The molecule has 0 spiro atoms. The van der Waals surface area contributed by atoms with Gasteiger partial charge in [-0.25, -0.2) is 9.97 Å². The highest BCUT2D eigenvalue weighted by atomic mass is 35.5. The monoisotopic (exact) mass is 391 g/mol. The molecular formula is C17H11Cl2N3O2S. The summed E-state index contributed by atoms with van der Waals surface area (Å²) in [5.74, 6) is 1.09. The highest BCUT2D eigenvalue weighted by Crippen LogP contribution is 2.31. The van der Waals surface area contributed by atoms with Crippen LogP contribution in [0.15, 0.2) is 41.2 Å². The van der Waals surface area contributed by atoms with E-state index < -0.39 is 0 Å². The molecule has 0 fully saturated rings. The quantitative estimate of drug-likeness (QED) is 0.456. The smallest absolute Gasteiger partial charge is 0.225 e. The number of hydrogen-bond donors (Lipinski definition) is 0. The topological polar surface area (TPSA) is 61.0 Å². The molecule has 3 heterocycles. The fraction of sp³-hybridized carbons (Fsp3) is 0.118. The average Bonchev–Trinajstić information content (AvgIpc) is 3.18. The largest absolute Gasteiger partial charge is 0.469 e. The maximum absolute atomic E-state index is 6.20. The summed E-state index contributed by atoms with van der Waals surface area (Å²) in [6.07, 6.45) is 1.49. The molecule has 126 valence electrons. The van der Waals surface area contributed by atoms with Crippen molar-refractivity contribution in [3.05, 3.63) is 57.3 Å². The van der Waals surface area contributed by atoms with Crippen molar-refractivity contribution < 1.29 is 9.26 Å². The summed E-state index contributed by atoms with van der Waals surface area (Å²) in [5, 5.41) is 6.02. The summed E-state index contributed by atoms with van der Waals surface area (Å²) in [4.78, 5) is 10.5. The van der Waals surface area contributed by atoms with Gasteiger partial charge >= 0.3 is 0 Å². The van der Waals surface area contributed by atoms with Gasteiger partial charge in [-0.2, -0.15) is 0 Å². The summed E-state index contributed by atoms with van der Waals surface area (Å²) in [6, 6.07) is 9.01. The van der Waals surface area contributed by atoms with Crippen LogP contribution in [0, 0.1) is 6.92 Å². The predicted molar refractivity (Wildman–Crippen MR) is 98.4 cm³/mol. The van der Waals surface area contributed by atoms with Gasteiger partial charge in [0.2, 0.25) is 5.88 Å². The average molecular weight is 392 g/mol. The Kier molecular flexibility index (Phi) is 4.33. The lowest BCUT2D eigenvalue weighted by molar-refractivity contribution is 0.244. The maximum atomic E-state index is 6.20. The Morgan fingerprint density at radius 1 is 1.16 bits per heavy atom. The molecule has 0 aliphatic carbocycles. The lowest BCUT2D eigenvalue weighted by Crippen LogP contribution is -1.96. The highest BCUT2D eigenvalue weighted by Gasteiger charge is 2.13. The van der Waals surface area contributed by atoms with Crippen molar-refractivity contribution in [2.45, 2.75) is 13.5 Å². The Hall–Kier alpha value is -2.15. The van der Waals surface area contributed by atoms with E-state index in [-0.39, 0.29) is 6.61 Å². The molecule has 4 aromatic rings. The molecule has 0 aliphatic rings. The maximum Gasteiger partial charge on any atom is 0.225 e. The first-order valence-corrected chi connectivity index (χ1v) is 8.92. The fourth-order valence-corrected chi connectivity index (χ4v) is 3.76. The van der Waals surface area contributed by atoms with Crippen molar-refractivity contribution >= 4 is 44.8 Å². The first-order chi connectivity index (χ1) is 12.1. The third-order valence-electron chi connectivity index (χ3n) is 3.53. The van der Waals surface area contributed by atoms with E-state index in [0.29, 0.717) is 27.4 Å². The van der Waals surface area contributed by atoms with Crippen LogP contribution in [0.5, 0.6) is 5.88 Å². The minimum absolute atomic E-state index is 0.208. The Morgan fingerprint density at radius 3 is 2.88 bits per heavy atom. The van der Waals surface area contributed by atoms with Gasteiger partial charge < -0.3 is 9.26 Å². The molecule has 25 heavy (non-hydrogen) atoms. The normalized spacial score (nSPS) is 11.2. The molecule has 5 nitrogen and oxygen atoms in total. The number of fused-ring (bicyclic) bond motifs is 1. The van der Waals surface area contributed by atoms with Crippen molar-refractivity contribution in [2.75, 3.05) is 0 Å². The second-order valence-corrected chi connectivity index (χ2v) is 7.42. The molecule has 0 saturated carbocycles. The molecule has 0 radical (unpaired) electrons. The number of nitrogens with zero attached hydrogens (tertiary/aromatic N) is 3. The number of hydrogen-bond acceptors (Lipinski definition) is 6. The number of rotatable bonds is 4. The summed E-state index contributed by atoms with van der Waals surface area (Å²) < 4.78 is 11.1. The van der Waals surface area contributed by atoms with Crippen molar-refractivity contribution in [2.24, 2.45) is 0 Å². The van der Waals surface area contributed by atoms with E-state index in [1.54, 1.807) is 35.6 Å². The van der Waals surface area contributed by atoms with Crippen LogP contribution in [-0.2, 0) is 6.61 Å². The first kappa shape index (κ1) is 16.3. The molecule has 3 aromatic heterocycles. The second kappa shape index (κ2) is 6.63. The number of ether oxygens (including phenoxy) is 1. The van der Waals surface area contributed by atoms with Gasteiger partial charge in [0.05, 0.1) is 10.4 Å². The predicted octanol–water partition coefficient (Wildman–Crippen LogP) is 5.54. The van der Waals surface area contributed by atoms with E-state index in [0.717, 1.165) is 20.7 Å². The van der Waals surface area contributed by atoms with Crippen LogP contribution >= 0.6 is 34.5 Å². The summed E-state index contributed by atoms with van der Waals surface area (Å²) >= 11 is 13.7. The Balaban J connectivity index is 1.55. The molecule has 0 unspecified atom stereocenters. The number of aromatic nitrogens is 3. The molecule has 0 atom stereocenters. The third kappa shape index (κ3) is 3.33. The summed E-state index contributed by atoms with van der Waals surface area (Å²) in [5.41, 5.74) is 1.37. The zero-order valence-corrected chi connectivity index (χ0v) is 15.3. The third-order valence-corrected chi connectivity index (χ3v) is 5.04. The van der Waals surface area contributed by atoms with Crippen LogP contribution in [0.2, 0.25) is 10.0 Å². The second-order valence-electron chi connectivity index (χ2n) is 5.35. The molecule has 8 heteroatoms. The number of aryl methyl sites for hydroxylation is 1. The van der Waals surface area contributed by atoms with Crippen molar-refractivity contribution in [1.29, 1.82) is 0 Å². The van der Waals surface area contributed by atoms with Crippen LogP contribution in [-0.4, -0.2) is 15.1 Å². The molecule has 0 N–H and O–H groups in total. The van der Waals surface area contributed by atoms with E-state index in [1.807, 2.05) is 13.0 Å². The molecule has 0 saturated heterocycles. The minimum atomic E-state index is 0.208. The number of thiophene rings is 1. The number of benzene rings is 1. The summed E-state index contributed by atoms with van der Waals surface area (Å²) in [6.45, 7) is 2.23. The minimum Gasteiger partial charge on any atom is -0.469 e. The van der Waals surface area contributed by atoms with Crippen LogP contribution in [0.1, 0.15) is 10.6 Å². The zero-order chi connectivity index (χ0) is 17.4. The van der Waals surface area contributed by atoms with E-state index >= 15 is 0 Å². The molecular weight excluding hydrogens is 381 g/mol. The van der Waals surface area contributed by atoms with E-state index in [1.165, 1.54) is 6.33 Å². The first-order valence-electron chi connectivity index (χ1n) is 7.35. The molecule has 0 aliphatic heterocycles. The van der Waals surface area contributed by atoms with Gasteiger partial charge in [-0.3, -0.25) is 0 Å². The van der Waals surface area contributed by atoms with E-state index in [4.69, 9.17) is 32.5 Å². The van der Waals surface area contributed by atoms with Gasteiger partial charge in [0, 0.05) is 21.5 Å². The van der Waals surface area contributed by atoms with Gasteiger partial charge in [0.15, 0.2) is 12.4 Å². The molecule has 4 rings (SSSR count).